The summed E-state index contributed by atoms with van der Waals surface area (Å²) >= 11 is 0. The molecule has 6 atom stereocenters. The Labute approximate surface area is 348 Å². The van der Waals surface area contributed by atoms with Gasteiger partial charge in [-0.1, -0.05) is 39.5 Å². The third kappa shape index (κ3) is 8.37. The van der Waals surface area contributed by atoms with Gasteiger partial charge < -0.3 is 35.7 Å². The number of fused-ring (bicyclic) bond motifs is 2. The van der Waals surface area contributed by atoms with Crippen molar-refractivity contribution in [3.05, 3.63) is 59.2 Å². The molecule has 2 aromatic carbocycles. The quantitative estimate of drug-likeness (QED) is 0.139. The van der Waals surface area contributed by atoms with Gasteiger partial charge in [-0.2, -0.15) is 0 Å². The molecule has 5 amide bonds. The van der Waals surface area contributed by atoms with Gasteiger partial charge in [0.25, 0.3) is 0 Å². The van der Waals surface area contributed by atoms with Crippen molar-refractivity contribution in [1.82, 2.24) is 45.7 Å². The van der Waals surface area contributed by atoms with Crippen molar-refractivity contribution < 1.29 is 28.8 Å². The highest BCUT2D eigenvalue weighted by Crippen LogP contribution is 2.36. The van der Waals surface area contributed by atoms with Gasteiger partial charge in [0, 0.05) is 49.4 Å². The van der Waals surface area contributed by atoms with Gasteiger partial charge in [-0.05, 0) is 86.8 Å². The van der Waals surface area contributed by atoms with E-state index in [1.54, 1.807) is 4.90 Å². The van der Waals surface area contributed by atoms with E-state index in [4.69, 9.17) is 9.97 Å². The molecule has 15 nitrogen and oxygen atoms in total. The molecule has 4 saturated heterocycles. The summed E-state index contributed by atoms with van der Waals surface area (Å²) in [6, 6.07) is 9.24. The van der Waals surface area contributed by atoms with Crippen LogP contribution in [0.4, 0.5) is 0 Å². The van der Waals surface area contributed by atoms with Gasteiger partial charge in [-0.15, -0.1) is 0 Å². The normalized spacial score (nSPS) is 22.6. The number of carbonyl (C=O) groups is 6. The number of amides is 5. The Bertz CT molecular complexity index is 2260. The zero-order valence-corrected chi connectivity index (χ0v) is 34.6. The molecule has 8 rings (SSSR count). The molecule has 0 spiro atoms. The van der Waals surface area contributed by atoms with Gasteiger partial charge in [0.15, 0.2) is 5.78 Å². The van der Waals surface area contributed by atoms with Crippen LogP contribution in [0.5, 0.6) is 0 Å². The number of benzene rings is 2. The van der Waals surface area contributed by atoms with Crippen molar-refractivity contribution in [3.63, 3.8) is 0 Å². The number of likely N-dealkylation sites (tertiary alicyclic amines) is 2. The van der Waals surface area contributed by atoms with Gasteiger partial charge in [-0.3, -0.25) is 28.8 Å². The van der Waals surface area contributed by atoms with Crippen LogP contribution in [0.3, 0.4) is 0 Å². The summed E-state index contributed by atoms with van der Waals surface area (Å²) in [5, 5.41) is 8.34. The van der Waals surface area contributed by atoms with Crippen LogP contribution in [-0.4, -0.2) is 96.3 Å². The number of aromatic amines is 2. The predicted molar refractivity (Wildman–Crippen MR) is 223 cm³/mol. The molecular weight excluding hydrogens is 763 g/mol. The Kier molecular flexibility index (Phi) is 11.5. The van der Waals surface area contributed by atoms with E-state index in [1.807, 2.05) is 69.0 Å². The topological polar surface area (TPSA) is 202 Å². The van der Waals surface area contributed by atoms with E-state index in [1.165, 1.54) is 0 Å². The van der Waals surface area contributed by atoms with Gasteiger partial charge >= 0.3 is 0 Å². The fraction of sp³-hybridized carbons (Fsp3) is 0.511. The third-order valence-electron chi connectivity index (χ3n) is 12.5. The van der Waals surface area contributed by atoms with Crippen molar-refractivity contribution >= 4 is 57.4 Å². The first-order valence-electron chi connectivity index (χ1n) is 21.4. The smallest absolute Gasteiger partial charge is 0.246 e. The highest BCUT2D eigenvalue weighted by atomic mass is 16.2. The Hall–Kier alpha value is -6.04. The average Bonchev–Trinajstić information content (AvgIpc) is 4.08. The fourth-order valence-electron chi connectivity index (χ4n) is 9.10. The number of carbonyl (C=O) groups excluding carboxylic acids is 6. The monoisotopic (exact) mass is 815 g/mol. The molecule has 0 bridgehead atoms. The summed E-state index contributed by atoms with van der Waals surface area (Å²) in [5.74, 6) is 6.38. The van der Waals surface area contributed by atoms with Crippen LogP contribution in [0.2, 0.25) is 0 Å². The number of aromatic nitrogens is 4. The molecule has 0 aliphatic carbocycles. The zero-order valence-electron chi connectivity index (χ0n) is 34.6. The van der Waals surface area contributed by atoms with Crippen molar-refractivity contribution in [2.45, 2.75) is 116 Å². The molecule has 0 radical (unpaired) electrons. The summed E-state index contributed by atoms with van der Waals surface area (Å²) in [5.41, 5.74) is 4.75. The Balaban J connectivity index is 0.942. The molecule has 15 heteroatoms. The number of rotatable bonds is 11. The van der Waals surface area contributed by atoms with Crippen LogP contribution in [-0.2, 0) is 28.8 Å². The van der Waals surface area contributed by atoms with Crippen molar-refractivity contribution in [2.75, 3.05) is 13.1 Å². The first-order chi connectivity index (χ1) is 28.8. The van der Waals surface area contributed by atoms with Crippen LogP contribution in [0, 0.1) is 29.6 Å². The lowest BCUT2D eigenvalue weighted by molar-refractivity contribution is -0.141. The number of hydrogen-bond donors (Lipinski definition) is 5. The Morgan fingerprint density at radius 2 is 1.23 bits per heavy atom. The van der Waals surface area contributed by atoms with Crippen LogP contribution >= 0.6 is 0 Å². The molecule has 314 valence electrons. The molecule has 0 unspecified atom stereocenters. The van der Waals surface area contributed by atoms with Crippen LogP contribution in [0.15, 0.2) is 36.4 Å². The molecular formula is C45H53N9O6. The van der Waals surface area contributed by atoms with E-state index in [9.17, 15) is 28.8 Å². The first-order valence-corrected chi connectivity index (χ1v) is 21.4. The summed E-state index contributed by atoms with van der Waals surface area (Å²) < 4.78 is 0. The lowest BCUT2D eigenvalue weighted by atomic mass is 9.87. The van der Waals surface area contributed by atoms with Gasteiger partial charge in [-0.25, -0.2) is 9.97 Å². The minimum absolute atomic E-state index is 0.0412. The molecule has 4 fully saturated rings. The molecule has 5 N–H and O–H groups in total. The second-order valence-electron chi connectivity index (χ2n) is 17.4. The van der Waals surface area contributed by atoms with Crippen molar-refractivity contribution in [3.8, 4) is 11.8 Å². The molecule has 4 aromatic rings. The van der Waals surface area contributed by atoms with E-state index in [2.05, 4.69) is 37.8 Å². The average molecular weight is 816 g/mol. The number of nitrogens with zero attached hydrogens (tertiary/aromatic N) is 4. The maximum absolute atomic E-state index is 14.0. The number of nitrogens with one attached hydrogen (secondary N) is 5. The summed E-state index contributed by atoms with van der Waals surface area (Å²) in [6.45, 7) is 8.88. The number of H-pyrrole nitrogens is 2. The first kappa shape index (κ1) is 40.7. The van der Waals surface area contributed by atoms with Crippen molar-refractivity contribution in [2.24, 2.45) is 17.8 Å². The summed E-state index contributed by atoms with van der Waals surface area (Å²) in [6.07, 6.45) is 4.80. The number of Topliss-reactive ketones (excluding diaryl/α,β-unsaturated/α-hetero) is 1. The van der Waals surface area contributed by atoms with E-state index in [0.29, 0.717) is 50.4 Å². The number of ketones is 1. The van der Waals surface area contributed by atoms with Crippen LogP contribution in [0.1, 0.15) is 120 Å². The van der Waals surface area contributed by atoms with Crippen LogP contribution in [0.25, 0.3) is 22.1 Å². The summed E-state index contributed by atoms with van der Waals surface area (Å²) in [7, 11) is 0. The largest absolute Gasteiger partial charge is 0.346 e. The van der Waals surface area contributed by atoms with E-state index in [0.717, 1.165) is 58.9 Å². The molecule has 60 heavy (non-hydrogen) atoms. The molecule has 0 saturated carbocycles. The van der Waals surface area contributed by atoms with E-state index < -0.39 is 24.0 Å². The molecule has 2 aromatic heterocycles. The fourth-order valence-corrected chi connectivity index (χ4v) is 9.10. The Morgan fingerprint density at radius 3 is 1.72 bits per heavy atom. The lowest BCUT2D eigenvalue weighted by Gasteiger charge is -2.31. The van der Waals surface area contributed by atoms with Gasteiger partial charge in [0.05, 0.1) is 40.2 Å². The Morgan fingerprint density at radius 1 is 0.717 bits per heavy atom. The number of imidazole rings is 2. The van der Waals surface area contributed by atoms with Crippen molar-refractivity contribution in [1.29, 1.82) is 0 Å². The maximum atomic E-state index is 14.0. The van der Waals surface area contributed by atoms with E-state index >= 15 is 0 Å². The molecule has 4 aliphatic heterocycles. The number of hydrogen-bond acceptors (Lipinski definition) is 8. The minimum Gasteiger partial charge on any atom is -0.346 e. The maximum Gasteiger partial charge on any atom is 0.246 e. The van der Waals surface area contributed by atoms with Crippen LogP contribution < -0.4 is 16.0 Å². The zero-order chi connectivity index (χ0) is 42.2. The van der Waals surface area contributed by atoms with Gasteiger partial charge in [0.2, 0.25) is 29.5 Å². The standard InChI is InChI=1S/C45H53N9O6/c1-24(2)28(23-37(55)31-15-17-38(56)46-31)44(59)53-19-5-7-35(53)41-48-29-13-11-26(21-33(29)50-41)9-10-27-12-14-30-34(22-27)51-42(49-30)36-8-6-20-54(36)45(60)40(25(3)4)52-43(58)32-16-18-39(57)47-32/h11-14,21-22,24-25,28,31-32,35-36,40H,5-8,15-20,23H2,1-4H3,(H,46,56)(H,47,57)(H,48,50)(H,49,51)(H,52,58)/t28-,31-,32-,35-,36-,40-/m0/s1. The van der Waals surface area contributed by atoms with Gasteiger partial charge in [0.1, 0.15) is 23.7 Å². The van der Waals surface area contributed by atoms with E-state index in [-0.39, 0.29) is 65.7 Å². The predicted octanol–water partition coefficient (Wildman–Crippen LogP) is 4.10. The third-order valence-corrected chi connectivity index (χ3v) is 12.5. The second kappa shape index (κ2) is 16.9. The lowest BCUT2D eigenvalue weighted by Crippen LogP contribution is -2.54. The summed E-state index contributed by atoms with van der Waals surface area (Å²) in [4.78, 5) is 97.6. The highest BCUT2D eigenvalue weighted by Gasteiger charge is 2.41. The molecule has 4 aliphatic rings. The highest BCUT2D eigenvalue weighted by molar-refractivity contribution is 5.95. The second-order valence-corrected chi connectivity index (χ2v) is 17.4. The molecule has 6 heterocycles. The minimum atomic E-state index is -0.726. The SMILES string of the molecule is CC(C)[C@H](CC(=O)[C@@H]1CCC(=O)N1)C(=O)N1CCC[C@H]1c1nc2ccc(C#Cc3ccc4nc([C@@H]5CCCN5C(=O)[C@@H](NC(=O)[C@@H]5CCC(=O)N5)C(C)C)[nH]c4c3)cc2[nH]1.